The zero-order valence-corrected chi connectivity index (χ0v) is 23.2. The summed E-state index contributed by atoms with van der Waals surface area (Å²) in [7, 11) is -1.49. The van der Waals surface area contributed by atoms with E-state index in [0.717, 1.165) is 25.0 Å². The highest BCUT2D eigenvalue weighted by atomic mass is 28.3. The van der Waals surface area contributed by atoms with Crippen molar-refractivity contribution in [2.24, 2.45) is 17.8 Å². The zero-order valence-electron chi connectivity index (χ0n) is 22.2. The van der Waals surface area contributed by atoms with E-state index in [1.54, 1.807) is 0 Å². The fourth-order valence-electron chi connectivity index (χ4n) is 5.66. The highest BCUT2D eigenvalue weighted by Gasteiger charge is 2.59. The van der Waals surface area contributed by atoms with E-state index in [-0.39, 0.29) is 40.7 Å². The Labute approximate surface area is 228 Å². The number of benzene rings is 2. The summed E-state index contributed by atoms with van der Waals surface area (Å²) in [5.74, 6) is -0.784. The average Bonchev–Trinajstić information content (AvgIpc) is 3.41. The summed E-state index contributed by atoms with van der Waals surface area (Å²) < 4.78 is 45.6. The Morgan fingerprint density at radius 3 is 2.08 bits per heavy atom. The number of nitrogens with zero attached hydrogens (tertiary/aromatic N) is 1. The van der Waals surface area contributed by atoms with Crippen LogP contribution in [-0.4, -0.2) is 31.7 Å². The Balaban J connectivity index is 1.21. The fourth-order valence-corrected chi connectivity index (χ4v) is 7.76. The Kier molecular flexibility index (Phi) is 7.37. The van der Waals surface area contributed by atoms with Crippen molar-refractivity contribution in [1.82, 2.24) is 4.98 Å². The molecule has 0 spiro atoms. The maximum absolute atomic E-state index is 12.9. The van der Waals surface area contributed by atoms with Crippen LogP contribution in [0.5, 0.6) is 0 Å². The highest BCUT2D eigenvalue weighted by Crippen LogP contribution is 2.59. The van der Waals surface area contributed by atoms with Crippen LogP contribution in [0.2, 0.25) is 0 Å². The molecule has 0 bridgehead atoms. The Morgan fingerprint density at radius 2 is 1.49 bits per heavy atom. The number of rotatable bonds is 8. The molecule has 5 rings (SSSR count). The number of ketones is 2. The predicted molar refractivity (Wildman–Crippen MR) is 144 cm³/mol. The average molecular weight is 551 g/mol. The quantitative estimate of drug-likeness (QED) is 0.215. The number of hydrogen-bond acceptors (Lipinski definition) is 4. The van der Waals surface area contributed by atoms with Gasteiger partial charge in [0.25, 0.3) is 9.04 Å². The molecule has 3 aromatic rings. The number of Topliss-reactive ketones (excluding diaryl/α,β-unsaturated/α-hetero) is 2. The van der Waals surface area contributed by atoms with Crippen LogP contribution in [0.1, 0.15) is 61.8 Å². The fraction of sp³-hybridized carbons (Fsp3) is 0.387. The highest BCUT2D eigenvalue weighted by molar-refractivity contribution is 6.80. The van der Waals surface area contributed by atoms with Crippen molar-refractivity contribution in [3.63, 3.8) is 0 Å². The first-order chi connectivity index (χ1) is 18.4. The predicted octanol–water partition coefficient (Wildman–Crippen LogP) is 5.39. The van der Waals surface area contributed by atoms with E-state index >= 15 is 0 Å². The molecule has 2 atom stereocenters. The molecule has 1 radical (unpaired) electrons. The molecule has 1 aromatic heterocycles. The molecule has 203 valence electrons. The summed E-state index contributed by atoms with van der Waals surface area (Å²) in [4.78, 5) is 28.8. The van der Waals surface area contributed by atoms with Crippen molar-refractivity contribution in [3.05, 3.63) is 89.7 Å². The van der Waals surface area contributed by atoms with E-state index in [2.05, 4.69) is 62.2 Å². The molecule has 0 N–H and O–H groups in total. The van der Waals surface area contributed by atoms with Crippen molar-refractivity contribution in [2.75, 3.05) is 0 Å². The maximum atomic E-state index is 12.9. The molecular formula is C31H31F3NO3Si. The van der Waals surface area contributed by atoms with Gasteiger partial charge in [0.15, 0.2) is 5.78 Å². The molecule has 0 saturated heterocycles. The Morgan fingerprint density at radius 1 is 0.872 bits per heavy atom. The first-order valence-electron chi connectivity index (χ1n) is 13.2. The third-order valence-corrected chi connectivity index (χ3v) is 10.1. The second-order valence-electron chi connectivity index (χ2n) is 11.6. The summed E-state index contributed by atoms with van der Waals surface area (Å²) in [5, 5.41) is 2.34. The maximum Gasteiger partial charge on any atom is 0.433 e. The van der Waals surface area contributed by atoms with E-state index in [4.69, 9.17) is 4.43 Å². The van der Waals surface area contributed by atoms with E-state index in [0.29, 0.717) is 0 Å². The van der Waals surface area contributed by atoms with E-state index in [1.807, 2.05) is 18.2 Å². The molecule has 2 saturated carbocycles. The van der Waals surface area contributed by atoms with Crippen molar-refractivity contribution in [2.45, 2.75) is 57.7 Å². The third-order valence-electron chi connectivity index (χ3n) is 7.77. The van der Waals surface area contributed by atoms with Crippen LogP contribution in [0.15, 0.2) is 72.8 Å². The molecule has 0 amide bonds. The molecule has 2 aliphatic rings. The Bertz CT molecular complexity index is 1340. The summed E-state index contributed by atoms with van der Waals surface area (Å²) in [5.41, 5.74) is -0.128. The summed E-state index contributed by atoms with van der Waals surface area (Å²) in [6.45, 7) is 6.56. The molecule has 2 aliphatic carbocycles. The minimum Gasteiger partial charge on any atom is -0.404 e. The number of aromatic nitrogens is 1. The van der Waals surface area contributed by atoms with Gasteiger partial charge in [0.1, 0.15) is 17.2 Å². The summed E-state index contributed by atoms with van der Waals surface area (Å²) in [6.07, 6.45) is -3.54. The molecule has 4 nitrogen and oxygen atoms in total. The van der Waals surface area contributed by atoms with Crippen LogP contribution in [-0.2, 0) is 20.8 Å². The van der Waals surface area contributed by atoms with Gasteiger partial charge in [-0.2, -0.15) is 13.2 Å². The molecular weight excluding hydrogens is 519 g/mol. The van der Waals surface area contributed by atoms with Crippen molar-refractivity contribution < 1.29 is 27.2 Å². The SMILES string of the molecule is CC(C)(C)c1ccc([Si](OC2CC3C(C2)C3C(=O)CC(=O)c2cccc(C(F)(F)F)n2)c2ccccc2)cc1. The van der Waals surface area contributed by atoms with Crippen molar-refractivity contribution >= 4 is 31.0 Å². The van der Waals surface area contributed by atoms with Gasteiger partial charge in [-0.25, -0.2) is 4.98 Å². The Hall–Kier alpha value is -3.10. The van der Waals surface area contributed by atoms with Crippen LogP contribution >= 0.6 is 0 Å². The number of pyridine rings is 1. The molecule has 2 unspecified atom stereocenters. The standard InChI is InChI=1S/C31H31F3NO3Si/c1-30(2,3)19-12-14-22(15-13-19)39(21-8-5-4-6-9-21)38-20-16-23-24(17-20)29(23)27(37)18-26(36)25-10-7-11-28(35-25)31(32,33)34/h4-15,20,23-24,29H,16-18H2,1-3H3. The van der Waals surface area contributed by atoms with Crippen LogP contribution in [0, 0.1) is 17.8 Å². The van der Waals surface area contributed by atoms with Gasteiger partial charge in [0.2, 0.25) is 0 Å². The first kappa shape index (κ1) is 27.5. The van der Waals surface area contributed by atoms with Gasteiger partial charge in [-0.3, -0.25) is 9.59 Å². The molecule has 39 heavy (non-hydrogen) atoms. The molecule has 2 aromatic carbocycles. The van der Waals surface area contributed by atoms with Gasteiger partial charge in [-0.1, -0.05) is 81.4 Å². The van der Waals surface area contributed by atoms with Gasteiger partial charge in [0, 0.05) is 12.0 Å². The third kappa shape index (κ3) is 6.07. The smallest absolute Gasteiger partial charge is 0.404 e. The number of carbonyl (C=O) groups excluding carboxylic acids is 2. The van der Waals surface area contributed by atoms with Gasteiger partial charge < -0.3 is 4.43 Å². The first-order valence-corrected chi connectivity index (χ1v) is 14.6. The minimum atomic E-state index is -4.64. The van der Waals surface area contributed by atoms with E-state index in [9.17, 15) is 22.8 Å². The minimum absolute atomic E-state index is 0.0290. The van der Waals surface area contributed by atoms with Crippen LogP contribution < -0.4 is 10.4 Å². The molecule has 8 heteroatoms. The molecule has 0 aliphatic heterocycles. The van der Waals surface area contributed by atoms with Crippen LogP contribution in [0.4, 0.5) is 13.2 Å². The number of carbonyl (C=O) groups is 2. The number of fused-ring (bicyclic) bond motifs is 1. The van der Waals surface area contributed by atoms with Crippen molar-refractivity contribution in [1.29, 1.82) is 0 Å². The number of halogens is 3. The molecule has 1 heterocycles. The normalized spacial score (nSPS) is 22.5. The second-order valence-corrected chi connectivity index (χ2v) is 13.6. The van der Waals surface area contributed by atoms with E-state index < -0.39 is 33.1 Å². The largest absolute Gasteiger partial charge is 0.433 e. The van der Waals surface area contributed by atoms with Crippen LogP contribution in [0.3, 0.4) is 0 Å². The zero-order chi connectivity index (χ0) is 27.9. The number of alkyl halides is 3. The lowest BCUT2D eigenvalue weighted by Gasteiger charge is -2.24. The van der Waals surface area contributed by atoms with Gasteiger partial charge in [0.05, 0.1) is 6.42 Å². The van der Waals surface area contributed by atoms with Gasteiger partial charge in [-0.05, 0) is 58.2 Å². The summed E-state index contributed by atoms with van der Waals surface area (Å²) >= 11 is 0. The van der Waals surface area contributed by atoms with Gasteiger partial charge >= 0.3 is 6.18 Å². The molecule has 2 fully saturated rings. The lowest BCUT2D eigenvalue weighted by Crippen LogP contribution is -2.47. The van der Waals surface area contributed by atoms with Gasteiger partial charge in [-0.15, -0.1) is 0 Å². The second kappa shape index (κ2) is 10.5. The number of hydrogen-bond donors (Lipinski definition) is 0. The lowest BCUT2D eigenvalue weighted by molar-refractivity contribution is -0.141. The van der Waals surface area contributed by atoms with Crippen LogP contribution in [0.25, 0.3) is 0 Å². The summed E-state index contributed by atoms with van der Waals surface area (Å²) in [6, 6.07) is 22.1. The lowest BCUT2D eigenvalue weighted by atomic mass is 9.87. The topological polar surface area (TPSA) is 56.3 Å². The van der Waals surface area contributed by atoms with Crippen molar-refractivity contribution in [3.8, 4) is 0 Å². The van der Waals surface area contributed by atoms with E-state index in [1.165, 1.54) is 22.0 Å². The monoisotopic (exact) mass is 550 g/mol.